The Morgan fingerprint density at radius 2 is 0.986 bits per heavy atom. The Kier molecular flexibility index (Phi) is 13.4. The molecular weight excluding hydrogens is 891 g/mol. The number of ether oxygens (including phenoxy) is 2. The van der Waals surface area contributed by atoms with Crippen LogP contribution in [0.5, 0.6) is 11.5 Å². The minimum absolute atomic E-state index is 0.0284. The molecule has 2 amide bonds. The highest BCUT2D eigenvalue weighted by Crippen LogP contribution is 2.46. The molecule has 0 saturated carbocycles. The van der Waals surface area contributed by atoms with Crippen LogP contribution in [-0.4, -0.2) is 88.4 Å². The predicted octanol–water partition coefficient (Wildman–Crippen LogP) is 9.98. The molecule has 70 heavy (non-hydrogen) atoms. The first-order valence-electron chi connectivity index (χ1n) is 23.9. The Bertz CT molecular complexity index is 2760. The third-order valence-electron chi connectivity index (χ3n) is 14.2. The van der Waals surface area contributed by atoms with Crippen molar-refractivity contribution in [3.05, 3.63) is 166 Å². The van der Waals surface area contributed by atoms with E-state index in [1.807, 2.05) is 108 Å². The summed E-state index contributed by atoms with van der Waals surface area (Å²) in [5.41, 5.74) is 6.71. The molecule has 0 bridgehead atoms. The first-order chi connectivity index (χ1) is 33.5. The van der Waals surface area contributed by atoms with Crippen LogP contribution in [0, 0.1) is 25.5 Å². The van der Waals surface area contributed by atoms with E-state index in [-0.39, 0.29) is 47.6 Å². The average molecular weight is 951 g/mol. The van der Waals surface area contributed by atoms with E-state index in [9.17, 15) is 28.6 Å². The smallest absolute Gasteiger partial charge is 0.250 e. The number of methoxy groups -OCH3 is 2. The Morgan fingerprint density at radius 1 is 0.600 bits per heavy atom. The summed E-state index contributed by atoms with van der Waals surface area (Å²) in [4.78, 5) is 39.8. The minimum atomic E-state index is -0.878. The lowest BCUT2D eigenvalue weighted by Gasteiger charge is -2.50. The maximum Gasteiger partial charge on any atom is 0.250 e. The number of imidazole rings is 2. The van der Waals surface area contributed by atoms with Crippen molar-refractivity contribution in [2.24, 2.45) is 0 Å². The van der Waals surface area contributed by atoms with Crippen LogP contribution in [-0.2, 0) is 9.59 Å². The van der Waals surface area contributed by atoms with Gasteiger partial charge in [-0.2, -0.15) is 0 Å². The highest BCUT2D eigenvalue weighted by atomic mass is 19.1. The number of benzene rings is 4. The van der Waals surface area contributed by atoms with Crippen molar-refractivity contribution in [1.29, 1.82) is 0 Å². The van der Waals surface area contributed by atoms with Gasteiger partial charge < -0.3 is 38.6 Å². The number of amides is 2. The second-order valence-electron chi connectivity index (χ2n) is 19.8. The Hall–Kier alpha value is -6.90. The second-order valence-corrected chi connectivity index (χ2v) is 19.8. The fraction of sp³-hybridized carbons (Fsp3) is 0.357. The van der Waals surface area contributed by atoms with E-state index in [0.717, 1.165) is 69.0 Å². The number of nitrogens with zero attached hydrogens (tertiary/aromatic N) is 6. The van der Waals surface area contributed by atoms with E-state index in [1.165, 1.54) is 24.3 Å². The zero-order valence-electron chi connectivity index (χ0n) is 40.5. The van der Waals surface area contributed by atoms with Crippen molar-refractivity contribution < 1.29 is 38.1 Å². The van der Waals surface area contributed by atoms with Gasteiger partial charge in [0.2, 0.25) is 0 Å². The summed E-state index contributed by atoms with van der Waals surface area (Å²) in [7, 11) is 3.26. The maximum atomic E-state index is 13.7. The maximum absolute atomic E-state index is 13.7. The first-order valence-corrected chi connectivity index (χ1v) is 23.9. The van der Waals surface area contributed by atoms with Gasteiger partial charge in [0.1, 0.15) is 23.1 Å². The van der Waals surface area contributed by atoms with E-state index in [4.69, 9.17) is 9.47 Å². The quantitative estimate of drug-likeness (QED) is 0.144. The molecule has 4 aliphatic heterocycles. The van der Waals surface area contributed by atoms with Crippen LogP contribution >= 0.6 is 0 Å². The zero-order valence-corrected chi connectivity index (χ0v) is 40.5. The van der Waals surface area contributed by atoms with Crippen molar-refractivity contribution >= 4 is 24.0 Å². The number of halogens is 2. The molecule has 0 aliphatic carbocycles. The van der Waals surface area contributed by atoms with Gasteiger partial charge in [-0.15, -0.1) is 0 Å². The molecule has 6 aromatic rings. The van der Waals surface area contributed by atoms with Crippen molar-refractivity contribution in [2.45, 2.75) is 114 Å². The lowest BCUT2D eigenvalue weighted by Crippen LogP contribution is -2.55. The van der Waals surface area contributed by atoms with Crippen LogP contribution in [0.3, 0.4) is 0 Å². The summed E-state index contributed by atoms with van der Waals surface area (Å²) in [6, 6.07) is 23.5. The monoisotopic (exact) mass is 950 g/mol. The number of rotatable bonds is 8. The minimum Gasteiger partial charge on any atom is -0.495 e. The second kappa shape index (κ2) is 19.5. The summed E-state index contributed by atoms with van der Waals surface area (Å²) in [6.45, 7) is 7.52. The number of hydrogen-bond donors (Lipinski definition) is 2. The van der Waals surface area contributed by atoms with Crippen LogP contribution < -0.4 is 9.47 Å². The molecule has 364 valence electrons. The van der Waals surface area contributed by atoms with E-state index >= 15 is 0 Å². The fourth-order valence-electron chi connectivity index (χ4n) is 10.9. The molecule has 14 heteroatoms. The largest absolute Gasteiger partial charge is 0.495 e. The van der Waals surface area contributed by atoms with Gasteiger partial charge in [-0.05, 0) is 149 Å². The number of aryl methyl sites for hydroxylation is 2. The first kappa shape index (κ1) is 48.1. The third-order valence-corrected chi connectivity index (χ3v) is 14.2. The lowest BCUT2D eigenvalue weighted by molar-refractivity contribution is -0.145. The van der Waals surface area contributed by atoms with Crippen molar-refractivity contribution in [3.8, 4) is 22.9 Å². The number of fused-ring (bicyclic) bond motifs is 2. The van der Waals surface area contributed by atoms with Gasteiger partial charge in [0.15, 0.2) is 0 Å². The molecule has 2 N–H and O–H groups in total. The van der Waals surface area contributed by atoms with Crippen molar-refractivity contribution in [1.82, 2.24) is 28.9 Å². The number of piperidine rings is 4. The van der Waals surface area contributed by atoms with Crippen LogP contribution in [0.25, 0.3) is 23.5 Å². The molecule has 4 aromatic carbocycles. The van der Waals surface area contributed by atoms with E-state index < -0.39 is 11.2 Å². The normalized spacial score (nSPS) is 25.6. The number of carbonyl (C=O) groups excluding carboxylic acids is 2. The summed E-state index contributed by atoms with van der Waals surface area (Å²) < 4.78 is 42.2. The summed E-state index contributed by atoms with van der Waals surface area (Å²) >= 11 is 0. The molecule has 0 spiro atoms. The molecule has 10 rings (SSSR count). The van der Waals surface area contributed by atoms with Gasteiger partial charge in [-0.25, -0.2) is 18.7 Å². The third kappa shape index (κ3) is 10.2. The number of aliphatic hydroxyl groups is 2. The van der Waals surface area contributed by atoms with E-state index in [0.29, 0.717) is 50.0 Å². The van der Waals surface area contributed by atoms with E-state index in [2.05, 4.69) is 9.97 Å². The Labute approximate surface area is 407 Å². The van der Waals surface area contributed by atoms with Gasteiger partial charge in [0, 0.05) is 48.5 Å². The van der Waals surface area contributed by atoms with Crippen LogP contribution in [0.1, 0.15) is 111 Å². The van der Waals surface area contributed by atoms with Gasteiger partial charge in [0.25, 0.3) is 11.8 Å². The molecule has 0 unspecified atom stereocenters. The fourth-order valence-corrected chi connectivity index (χ4v) is 10.9. The average Bonchev–Trinajstić information content (AvgIpc) is 3.97. The molecule has 0 radical (unpaired) electrons. The van der Waals surface area contributed by atoms with Gasteiger partial charge in [0.05, 0.1) is 72.9 Å². The highest BCUT2D eigenvalue weighted by Gasteiger charge is 2.48. The summed E-state index contributed by atoms with van der Waals surface area (Å²) in [5, 5.41) is 21.8. The highest BCUT2D eigenvalue weighted by molar-refractivity contribution is 6.00. The molecule has 12 nitrogen and oxygen atoms in total. The molecule has 6 atom stereocenters. The SMILES string of the molecule is COc1cc(/C=C2\CC[C@@H]3C[C@@](C)(O)C[C@@H](c4ccc(F)cc4)N3C2=O)ccc1-n1cnc(C)c1.COc1cc(/C=C2\CC[C@H]3C[C@](C)(O)C[C@H](c4ccc(F)cc4)N3C2=O)ccc1-n1cnc(C)c1. The van der Waals surface area contributed by atoms with E-state index in [1.54, 1.807) is 51.1 Å². The van der Waals surface area contributed by atoms with Gasteiger partial charge in [-0.3, -0.25) is 9.59 Å². The molecule has 6 heterocycles. The van der Waals surface area contributed by atoms with Gasteiger partial charge >= 0.3 is 0 Å². The van der Waals surface area contributed by atoms with Gasteiger partial charge in [-0.1, -0.05) is 36.4 Å². The number of aromatic nitrogens is 4. The number of hydrogen-bond acceptors (Lipinski definition) is 8. The topological polar surface area (TPSA) is 135 Å². The molecule has 4 fully saturated rings. The molecule has 2 aromatic heterocycles. The Morgan fingerprint density at radius 3 is 1.33 bits per heavy atom. The lowest BCUT2D eigenvalue weighted by atomic mass is 9.77. The number of carbonyl (C=O) groups is 2. The molecular formula is C56H60F2N6O6. The zero-order chi connectivity index (χ0) is 49.5. The van der Waals surface area contributed by atoms with Crippen molar-refractivity contribution in [3.63, 3.8) is 0 Å². The predicted molar refractivity (Wildman–Crippen MR) is 263 cm³/mol. The molecule has 4 saturated heterocycles. The summed E-state index contributed by atoms with van der Waals surface area (Å²) in [6.07, 6.45) is 15.9. The summed E-state index contributed by atoms with van der Waals surface area (Å²) in [5.74, 6) is 0.689. The standard InChI is InChI=1S/2C28H30FN3O3/c2*1-18-16-31(17-30-18)24-11-4-19(13-26(24)35-3)12-21-7-10-23-14-28(2,34)15-25(32(23)27(21)33)20-5-8-22(29)9-6-20/h2*4-6,8-9,11-13,16-17,23,25,34H,7,10,14-15H2,1-3H3/b2*21-12+/t2*23-,25+,28-/m10/s1. The van der Waals surface area contributed by atoms with Crippen molar-refractivity contribution in [2.75, 3.05) is 14.2 Å². The van der Waals surface area contributed by atoms with Crippen LogP contribution in [0.15, 0.2) is 121 Å². The Balaban J connectivity index is 0.000000174. The molecule has 4 aliphatic rings. The van der Waals surface area contributed by atoms with Crippen LogP contribution in [0.4, 0.5) is 8.78 Å². The van der Waals surface area contributed by atoms with Crippen LogP contribution in [0.2, 0.25) is 0 Å².